The summed E-state index contributed by atoms with van der Waals surface area (Å²) in [4.78, 5) is 1.29. The van der Waals surface area contributed by atoms with Crippen molar-refractivity contribution in [2.24, 2.45) is 5.92 Å². The van der Waals surface area contributed by atoms with Gasteiger partial charge >= 0.3 is 0 Å². The van der Waals surface area contributed by atoms with Gasteiger partial charge in [-0.05, 0) is 50.2 Å². The highest BCUT2D eigenvalue weighted by molar-refractivity contribution is 7.99. The van der Waals surface area contributed by atoms with Crippen LogP contribution in [0.25, 0.3) is 0 Å². The van der Waals surface area contributed by atoms with Crippen molar-refractivity contribution in [2.75, 3.05) is 12.4 Å². The lowest BCUT2D eigenvalue weighted by molar-refractivity contribution is -0.109. The van der Waals surface area contributed by atoms with Gasteiger partial charge in [0.2, 0.25) is 0 Å². The molecule has 0 radical (unpaired) electrons. The van der Waals surface area contributed by atoms with E-state index in [1.165, 1.54) is 36.1 Å². The molecule has 1 aromatic carbocycles. The van der Waals surface area contributed by atoms with Crippen molar-refractivity contribution < 1.29 is 9.84 Å². The number of aryl methyl sites for hydroxylation is 1. The Kier molecular flexibility index (Phi) is 4.92. The van der Waals surface area contributed by atoms with E-state index in [1.54, 1.807) is 11.8 Å². The number of ether oxygens (including phenoxy) is 1. The molecular formula is C18H26O2S. The monoisotopic (exact) mass is 306 g/mol. The van der Waals surface area contributed by atoms with Gasteiger partial charge in [0.05, 0.1) is 11.7 Å². The Labute approximate surface area is 132 Å². The molecule has 1 heterocycles. The third kappa shape index (κ3) is 3.64. The second kappa shape index (κ2) is 6.72. The minimum absolute atomic E-state index is 0.108. The first-order valence-electron chi connectivity index (χ1n) is 8.19. The number of aliphatic hydroxyl groups excluding tert-OH is 1. The molecule has 1 N–H and O–H groups in total. The Balaban J connectivity index is 1.55. The maximum atomic E-state index is 10.6. The minimum Gasteiger partial charge on any atom is -0.392 e. The summed E-state index contributed by atoms with van der Waals surface area (Å²) >= 11 is 1.79. The van der Waals surface area contributed by atoms with Crippen molar-refractivity contribution >= 4 is 11.8 Å². The van der Waals surface area contributed by atoms with Gasteiger partial charge in [-0.1, -0.05) is 31.0 Å². The van der Waals surface area contributed by atoms with Crippen LogP contribution in [-0.2, 0) is 4.74 Å². The van der Waals surface area contributed by atoms with E-state index in [-0.39, 0.29) is 11.7 Å². The molecule has 1 aliphatic carbocycles. The summed E-state index contributed by atoms with van der Waals surface area (Å²) in [5, 5.41) is 10.6. The van der Waals surface area contributed by atoms with Crippen LogP contribution in [-0.4, -0.2) is 29.2 Å². The fourth-order valence-electron chi connectivity index (χ4n) is 3.79. The van der Waals surface area contributed by atoms with E-state index in [2.05, 4.69) is 31.2 Å². The van der Waals surface area contributed by atoms with Gasteiger partial charge in [-0.15, -0.1) is 11.8 Å². The van der Waals surface area contributed by atoms with Gasteiger partial charge in [0.15, 0.2) is 0 Å². The van der Waals surface area contributed by atoms with E-state index >= 15 is 0 Å². The highest BCUT2D eigenvalue weighted by atomic mass is 32.2. The predicted molar refractivity (Wildman–Crippen MR) is 87.8 cm³/mol. The second-order valence-electron chi connectivity index (χ2n) is 6.64. The van der Waals surface area contributed by atoms with Gasteiger partial charge in [-0.2, -0.15) is 0 Å². The number of hydrogen-bond acceptors (Lipinski definition) is 3. The Morgan fingerprint density at radius 1 is 1.33 bits per heavy atom. The summed E-state index contributed by atoms with van der Waals surface area (Å²) in [6, 6.07) is 8.42. The average Bonchev–Trinajstić information content (AvgIpc) is 2.94. The molecule has 1 aliphatic heterocycles. The zero-order valence-electron chi connectivity index (χ0n) is 12.9. The SMILES string of the molecule is Cc1ccccc1SCC(O)C1CCOC2(CCCC2)C1. The molecule has 0 amide bonds. The summed E-state index contributed by atoms with van der Waals surface area (Å²) in [5.74, 6) is 1.21. The molecule has 1 spiro atoms. The highest BCUT2D eigenvalue weighted by Crippen LogP contribution is 2.43. The molecular weight excluding hydrogens is 280 g/mol. The van der Waals surface area contributed by atoms with Crippen LogP contribution in [0.15, 0.2) is 29.2 Å². The van der Waals surface area contributed by atoms with Crippen LogP contribution in [0.3, 0.4) is 0 Å². The van der Waals surface area contributed by atoms with E-state index in [9.17, 15) is 5.11 Å². The lowest BCUT2D eigenvalue weighted by Gasteiger charge is -2.40. The molecule has 21 heavy (non-hydrogen) atoms. The Hall–Kier alpha value is -0.510. The molecule has 1 saturated heterocycles. The number of rotatable bonds is 4. The fraction of sp³-hybridized carbons (Fsp3) is 0.667. The first-order chi connectivity index (χ1) is 10.2. The van der Waals surface area contributed by atoms with Gasteiger partial charge in [0.1, 0.15) is 0 Å². The molecule has 1 aromatic rings. The van der Waals surface area contributed by atoms with Crippen molar-refractivity contribution in [3.8, 4) is 0 Å². The molecule has 2 nitrogen and oxygen atoms in total. The molecule has 2 unspecified atom stereocenters. The topological polar surface area (TPSA) is 29.5 Å². The summed E-state index contributed by atoms with van der Waals surface area (Å²) in [5.41, 5.74) is 1.41. The minimum atomic E-state index is -0.212. The van der Waals surface area contributed by atoms with Gasteiger partial charge in [-0.25, -0.2) is 0 Å². The summed E-state index contributed by atoms with van der Waals surface area (Å²) in [7, 11) is 0. The smallest absolute Gasteiger partial charge is 0.0686 e. The van der Waals surface area contributed by atoms with Gasteiger partial charge < -0.3 is 9.84 Å². The van der Waals surface area contributed by atoms with Gasteiger partial charge in [0.25, 0.3) is 0 Å². The molecule has 2 fully saturated rings. The first-order valence-corrected chi connectivity index (χ1v) is 9.18. The largest absolute Gasteiger partial charge is 0.392 e. The molecule has 2 aliphatic rings. The van der Waals surface area contributed by atoms with E-state index in [1.807, 2.05) is 0 Å². The van der Waals surface area contributed by atoms with Crippen molar-refractivity contribution in [1.82, 2.24) is 0 Å². The third-order valence-corrected chi connectivity index (χ3v) is 6.37. The van der Waals surface area contributed by atoms with E-state index in [4.69, 9.17) is 4.74 Å². The highest BCUT2D eigenvalue weighted by Gasteiger charge is 2.41. The maximum absolute atomic E-state index is 10.6. The molecule has 116 valence electrons. The number of thioether (sulfide) groups is 1. The number of hydrogen-bond donors (Lipinski definition) is 1. The van der Waals surface area contributed by atoms with Crippen LogP contribution in [0.4, 0.5) is 0 Å². The van der Waals surface area contributed by atoms with Crippen molar-refractivity contribution in [3.05, 3.63) is 29.8 Å². The third-order valence-electron chi connectivity index (χ3n) is 5.09. The lowest BCUT2D eigenvalue weighted by atomic mass is 9.82. The Morgan fingerprint density at radius 3 is 2.86 bits per heavy atom. The molecule has 0 bridgehead atoms. The maximum Gasteiger partial charge on any atom is 0.0686 e. The second-order valence-corrected chi connectivity index (χ2v) is 7.70. The number of aliphatic hydroxyl groups is 1. The van der Waals surface area contributed by atoms with Crippen LogP contribution in [0.2, 0.25) is 0 Å². The standard InChI is InChI=1S/C18H26O2S/c1-14-6-2-3-7-17(14)21-13-16(19)15-8-11-20-18(12-15)9-4-5-10-18/h2-3,6-7,15-16,19H,4-5,8-13H2,1H3. The number of benzene rings is 1. The summed E-state index contributed by atoms with van der Waals surface area (Å²) < 4.78 is 6.07. The van der Waals surface area contributed by atoms with Crippen LogP contribution in [0, 0.1) is 12.8 Å². The Bertz CT molecular complexity index is 468. The molecule has 2 atom stereocenters. The van der Waals surface area contributed by atoms with Crippen LogP contribution < -0.4 is 0 Å². The lowest BCUT2D eigenvalue weighted by Crippen LogP contribution is -2.41. The zero-order valence-corrected chi connectivity index (χ0v) is 13.7. The van der Waals surface area contributed by atoms with Crippen LogP contribution in [0.5, 0.6) is 0 Å². The van der Waals surface area contributed by atoms with E-state index < -0.39 is 0 Å². The van der Waals surface area contributed by atoms with E-state index in [0.717, 1.165) is 25.2 Å². The van der Waals surface area contributed by atoms with Gasteiger partial charge in [-0.3, -0.25) is 0 Å². The van der Waals surface area contributed by atoms with Crippen LogP contribution in [0.1, 0.15) is 44.1 Å². The zero-order chi connectivity index (χ0) is 14.7. The van der Waals surface area contributed by atoms with E-state index in [0.29, 0.717) is 5.92 Å². The van der Waals surface area contributed by atoms with Crippen molar-refractivity contribution in [1.29, 1.82) is 0 Å². The molecule has 1 saturated carbocycles. The quantitative estimate of drug-likeness (QED) is 0.846. The molecule has 3 heteroatoms. The Morgan fingerprint density at radius 2 is 2.10 bits per heavy atom. The van der Waals surface area contributed by atoms with Gasteiger partial charge in [0, 0.05) is 17.3 Å². The summed E-state index contributed by atoms with van der Waals surface area (Å²) in [6.07, 6.45) is 6.83. The van der Waals surface area contributed by atoms with Crippen molar-refractivity contribution in [2.45, 2.75) is 62.0 Å². The molecule has 3 rings (SSSR count). The fourth-order valence-corrected chi connectivity index (χ4v) is 4.88. The predicted octanol–water partition coefficient (Wildman–Crippen LogP) is 4.19. The molecule has 0 aromatic heterocycles. The van der Waals surface area contributed by atoms with Crippen molar-refractivity contribution in [3.63, 3.8) is 0 Å². The summed E-state index contributed by atoms with van der Waals surface area (Å²) in [6.45, 7) is 2.97. The average molecular weight is 306 g/mol. The van der Waals surface area contributed by atoms with Crippen LogP contribution >= 0.6 is 11.8 Å². The first kappa shape index (κ1) is 15.4. The normalized spacial score (nSPS) is 26.1.